The summed E-state index contributed by atoms with van der Waals surface area (Å²) >= 11 is 0. The van der Waals surface area contributed by atoms with E-state index in [0.29, 0.717) is 0 Å². The van der Waals surface area contributed by atoms with Gasteiger partial charge >= 0.3 is 0 Å². The Bertz CT molecular complexity index is 1100. The summed E-state index contributed by atoms with van der Waals surface area (Å²) in [6.45, 7) is 13.9. The Balaban J connectivity index is 0.000000427. The summed E-state index contributed by atoms with van der Waals surface area (Å²) in [5.74, 6) is 0.677. The Labute approximate surface area is 231 Å². The molecule has 0 aliphatic carbocycles. The molecule has 1 aliphatic rings. The van der Waals surface area contributed by atoms with E-state index in [1.807, 2.05) is 18.2 Å². The zero-order valence-electron chi connectivity index (χ0n) is 24.0. The van der Waals surface area contributed by atoms with E-state index in [4.69, 9.17) is 0 Å². The van der Waals surface area contributed by atoms with Crippen molar-refractivity contribution < 1.29 is 4.39 Å². The van der Waals surface area contributed by atoms with E-state index in [1.165, 1.54) is 66.4 Å². The fourth-order valence-electron chi connectivity index (χ4n) is 5.32. The van der Waals surface area contributed by atoms with Gasteiger partial charge in [-0.2, -0.15) is 0 Å². The number of hydrogen-bond acceptors (Lipinski definition) is 1. The molecular weight excluding hydrogens is 465 g/mol. The van der Waals surface area contributed by atoms with Crippen molar-refractivity contribution in [3.05, 3.63) is 113 Å². The second kappa shape index (κ2) is 16.3. The molecule has 3 aromatic carbocycles. The number of hydrogen-bond donors (Lipinski definition) is 0. The van der Waals surface area contributed by atoms with E-state index in [-0.39, 0.29) is 5.82 Å². The monoisotopic (exact) mass is 513 g/mol. The van der Waals surface area contributed by atoms with E-state index in [9.17, 15) is 4.39 Å². The third kappa shape index (κ3) is 9.55. The number of likely N-dealkylation sites (tertiary alicyclic amines) is 1. The maximum atomic E-state index is 13.9. The van der Waals surface area contributed by atoms with E-state index >= 15 is 0 Å². The Hall–Kier alpha value is -2.71. The highest BCUT2D eigenvalue weighted by Gasteiger charge is 2.20. The van der Waals surface area contributed by atoms with Crippen molar-refractivity contribution in [2.75, 3.05) is 13.1 Å². The number of unbranched alkanes of at least 4 members (excludes halogenated alkanes) is 1. The van der Waals surface area contributed by atoms with Crippen LogP contribution in [0.4, 0.5) is 4.39 Å². The van der Waals surface area contributed by atoms with Crippen molar-refractivity contribution in [2.24, 2.45) is 5.92 Å². The molecule has 1 aliphatic heterocycles. The molecular formula is C36H48FN. The highest BCUT2D eigenvalue weighted by atomic mass is 19.1. The topological polar surface area (TPSA) is 3.24 Å². The molecule has 0 amide bonds. The highest BCUT2D eigenvalue weighted by Crippen LogP contribution is 2.29. The average Bonchev–Trinajstić information content (AvgIpc) is 2.97. The van der Waals surface area contributed by atoms with E-state index in [0.717, 1.165) is 50.4 Å². The normalized spacial score (nSPS) is 14.1. The minimum absolute atomic E-state index is 0.0805. The first kappa shape index (κ1) is 29.8. The summed E-state index contributed by atoms with van der Waals surface area (Å²) in [5.41, 5.74) is 7.83. The van der Waals surface area contributed by atoms with Crippen LogP contribution in [0, 0.1) is 11.7 Å². The van der Waals surface area contributed by atoms with Crippen LogP contribution >= 0.6 is 0 Å². The van der Waals surface area contributed by atoms with Gasteiger partial charge in [-0.1, -0.05) is 101 Å². The van der Waals surface area contributed by atoms with Crippen LogP contribution in [0.25, 0.3) is 5.57 Å². The van der Waals surface area contributed by atoms with E-state index in [2.05, 4.69) is 74.7 Å². The number of aryl methyl sites for hydroxylation is 3. The lowest BCUT2D eigenvalue weighted by Crippen LogP contribution is -2.33. The molecule has 0 spiro atoms. The van der Waals surface area contributed by atoms with Gasteiger partial charge < -0.3 is 0 Å². The average molecular weight is 514 g/mol. The predicted octanol–water partition coefficient (Wildman–Crippen LogP) is 9.69. The second-order valence-electron chi connectivity index (χ2n) is 10.7. The first-order valence-electron chi connectivity index (χ1n) is 14.8. The van der Waals surface area contributed by atoms with Gasteiger partial charge in [-0.15, -0.1) is 0 Å². The minimum atomic E-state index is -0.0805. The zero-order chi connectivity index (χ0) is 27.2. The summed E-state index contributed by atoms with van der Waals surface area (Å²) in [6.07, 6.45) is 10.6. The molecule has 1 saturated heterocycles. The zero-order valence-corrected chi connectivity index (χ0v) is 24.0. The van der Waals surface area contributed by atoms with E-state index < -0.39 is 0 Å². The molecule has 0 bridgehead atoms. The van der Waals surface area contributed by atoms with Crippen molar-refractivity contribution in [1.82, 2.24) is 4.90 Å². The molecule has 0 saturated carbocycles. The highest BCUT2D eigenvalue weighted by molar-refractivity contribution is 5.64. The summed E-state index contributed by atoms with van der Waals surface area (Å²) in [5, 5.41) is 0. The molecule has 2 heteroatoms. The fourth-order valence-corrected chi connectivity index (χ4v) is 5.32. The molecule has 1 heterocycles. The fraction of sp³-hybridized carbons (Fsp3) is 0.444. The maximum absolute atomic E-state index is 13.9. The van der Waals surface area contributed by atoms with Gasteiger partial charge in [0.2, 0.25) is 0 Å². The van der Waals surface area contributed by atoms with Crippen LogP contribution in [-0.4, -0.2) is 18.0 Å². The first-order chi connectivity index (χ1) is 18.5. The van der Waals surface area contributed by atoms with Gasteiger partial charge in [0.25, 0.3) is 0 Å². The molecule has 204 valence electrons. The number of nitrogens with zero attached hydrogens (tertiary/aromatic N) is 1. The summed E-state index contributed by atoms with van der Waals surface area (Å²) in [4.78, 5) is 2.40. The standard InChI is InChI=1S/C28H38FN.C8H10/c1-4-6-9-25-14-15-26(20-24(25)5-2)22(3)12-13-23-16-18-30(19-17-23)21-27-10-7-8-11-28(27)29;1-2-8-6-4-3-5-7-8/h7-8,10-11,14-15,20,23H,3-6,9,12-13,16-19,21H2,1-2H3;3-7H,2H2,1H3. The van der Waals surface area contributed by atoms with Crippen molar-refractivity contribution in [3.63, 3.8) is 0 Å². The lowest BCUT2D eigenvalue weighted by atomic mass is 9.88. The molecule has 38 heavy (non-hydrogen) atoms. The summed E-state index contributed by atoms with van der Waals surface area (Å²) < 4.78 is 13.9. The molecule has 1 fully saturated rings. The van der Waals surface area contributed by atoms with Crippen LogP contribution in [-0.2, 0) is 25.8 Å². The molecule has 0 unspecified atom stereocenters. The number of benzene rings is 3. The number of allylic oxidation sites excluding steroid dienone is 1. The lowest BCUT2D eigenvalue weighted by Gasteiger charge is -2.32. The van der Waals surface area contributed by atoms with Crippen LogP contribution in [0.1, 0.15) is 87.1 Å². The Morgan fingerprint density at radius 3 is 2.18 bits per heavy atom. The Morgan fingerprint density at radius 1 is 0.842 bits per heavy atom. The van der Waals surface area contributed by atoms with Gasteiger partial charge in [0.1, 0.15) is 5.82 Å². The molecule has 4 rings (SSSR count). The van der Waals surface area contributed by atoms with Crippen LogP contribution in [0.3, 0.4) is 0 Å². The van der Waals surface area contributed by atoms with Gasteiger partial charge in [0, 0.05) is 12.1 Å². The summed E-state index contributed by atoms with van der Waals surface area (Å²) in [6, 6.07) is 24.6. The van der Waals surface area contributed by atoms with Crippen LogP contribution in [0.5, 0.6) is 0 Å². The quantitative estimate of drug-likeness (QED) is 0.247. The van der Waals surface area contributed by atoms with Gasteiger partial charge in [-0.25, -0.2) is 4.39 Å². The van der Waals surface area contributed by atoms with Crippen molar-refractivity contribution in [3.8, 4) is 0 Å². The number of halogens is 1. The van der Waals surface area contributed by atoms with Crippen LogP contribution in [0.15, 0.2) is 79.4 Å². The number of piperidine rings is 1. The van der Waals surface area contributed by atoms with Crippen LogP contribution in [0.2, 0.25) is 0 Å². The van der Waals surface area contributed by atoms with Crippen LogP contribution < -0.4 is 0 Å². The van der Waals surface area contributed by atoms with Crippen molar-refractivity contribution in [1.29, 1.82) is 0 Å². The smallest absolute Gasteiger partial charge is 0.127 e. The molecule has 1 nitrogen and oxygen atoms in total. The van der Waals surface area contributed by atoms with Gasteiger partial charge in [-0.3, -0.25) is 4.90 Å². The van der Waals surface area contributed by atoms with E-state index in [1.54, 1.807) is 12.1 Å². The predicted molar refractivity (Wildman–Crippen MR) is 163 cm³/mol. The Kier molecular flexibility index (Phi) is 12.8. The summed E-state index contributed by atoms with van der Waals surface area (Å²) in [7, 11) is 0. The maximum Gasteiger partial charge on any atom is 0.127 e. The first-order valence-corrected chi connectivity index (χ1v) is 14.8. The van der Waals surface area contributed by atoms with Gasteiger partial charge in [-0.05, 0) is 104 Å². The third-order valence-electron chi connectivity index (χ3n) is 7.96. The largest absolute Gasteiger partial charge is 0.299 e. The number of rotatable bonds is 11. The third-order valence-corrected chi connectivity index (χ3v) is 7.96. The molecule has 3 aromatic rings. The SMILES string of the molecule is C=C(CCC1CCN(Cc2ccccc2F)CC1)c1ccc(CCCC)c(CC)c1.CCc1ccccc1. The van der Waals surface area contributed by atoms with Gasteiger partial charge in [0.15, 0.2) is 0 Å². The van der Waals surface area contributed by atoms with Gasteiger partial charge in [0.05, 0.1) is 0 Å². The molecule has 0 atom stereocenters. The molecule has 0 aromatic heterocycles. The molecule has 0 radical (unpaired) electrons. The Morgan fingerprint density at radius 2 is 1.55 bits per heavy atom. The van der Waals surface area contributed by atoms with Crippen molar-refractivity contribution >= 4 is 5.57 Å². The second-order valence-corrected chi connectivity index (χ2v) is 10.7. The lowest BCUT2D eigenvalue weighted by molar-refractivity contribution is 0.171. The van der Waals surface area contributed by atoms with Crippen molar-refractivity contribution in [2.45, 2.75) is 85.1 Å². The minimum Gasteiger partial charge on any atom is -0.299 e. The molecule has 0 N–H and O–H groups in total.